The maximum absolute atomic E-state index is 5.91. The lowest BCUT2D eigenvalue weighted by Gasteiger charge is -2.12. The minimum atomic E-state index is -0.00479. The Morgan fingerprint density at radius 2 is 1.84 bits per heavy atom. The summed E-state index contributed by atoms with van der Waals surface area (Å²) >= 11 is 0. The van der Waals surface area contributed by atoms with Crippen LogP contribution in [0, 0.1) is 6.92 Å². The van der Waals surface area contributed by atoms with E-state index in [1.165, 1.54) is 11.1 Å². The monoisotopic (exact) mass is 253 g/mol. The zero-order chi connectivity index (χ0) is 13.4. The van der Waals surface area contributed by atoms with Crippen molar-refractivity contribution in [1.29, 1.82) is 0 Å². The molecule has 0 saturated heterocycles. The SMILES string of the molecule is Cc1nc(C2Cc3ccccc3C2)ncc1[C@H](C)N. The van der Waals surface area contributed by atoms with Crippen molar-refractivity contribution in [2.75, 3.05) is 0 Å². The average Bonchev–Trinajstić information content (AvgIpc) is 2.81. The lowest BCUT2D eigenvalue weighted by Crippen LogP contribution is -2.12. The molecule has 2 aromatic rings. The molecule has 98 valence electrons. The Hall–Kier alpha value is -1.74. The predicted octanol–water partition coefficient (Wildman–Crippen LogP) is 2.69. The highest BCUT2D eigenvalue weighted by Gasteiger charge is 2.25. The molecule has 0 amide bonds. The third-order valence-electron chi connectivity index (χ3n) is 3.94. The number of hydrogen-bond acceptors (Lipinski definition) is 3. The number of aryl methyl sites for hydroxylation is 1. The number of benzene rings is 1. The Morgan fingerprint density at radius 3 is 2.37 bits per heavy atom. The highest BCUT2D eigenvalue weighted by atomic mass is 14.9. The summed E-state index contributed by atoms with van der Waals surface area (Å²) in [6.07, 6.45) is 3.99. The molecule has 1 heterocycles. The van der Waals surface area contributed by atoms with Crippen LogP contribution in [0.1, 0.15) is 47.1 Å². The summed E-state index contributed by atoms with van der Waals surface area (Å²) < 4.78 is 0. The number of nitrogens with two attached hydrogens (primary N) is 1. The number of fused-ring (bicyclic) bond motifs is 1. The normalized spacial score (nSPS) is 16.4. The molecular formula is C16H19N3. The van der Waals surface area contributed by atoms with Gasteiger partial charge in [0.05, 0.1) is 0 Å². The van der Waals surface area contributed by atoms with Crippen LogP contribution in [0.25, 0.3) is 0 Å². The Balaban J connectivity index is 1.88. The van der Waals surface area contributed by atoms with Gasteiger partial charge in [0.2, 0.25) is 0 Å². The van der Waals surface area contributed by atoms with Gasteiger partial charge in [-0.05, 0) is 37.8 Å². The van der Waals surface area contributed by atoms with Crippen LogP contribution in [0.5, 0.6) is 0 Å². The van der Waals surface area contributed by atoms with Gasteiger partial charge in [-0.3, -0.25) is 0 Å². The molecule has 0 fully saturated rings. The molecule has 1 aromatic heterocycles. The molecular weight excluding hydrogens is 234 g/mol. The van der Waals surface area contributed by atoms with Gasteiger partial charge in [0.25, 0.3) is 0 Å². The Kier molecular flexibility index (Phi) is 3.07. The molecule has 3 heteroatoms. The maximum Gasteiger partial charge on any atom is 0.132 e. The molecule has 0 unspecified atom stereocenters. The second kappa shape index (κ2) is 4.74. The Labute approximate surface area is 113 Å². The number of hydrogen-bond donors (Lipinski definition) is 1. The molecule has 2 N–H and O–H groups in total. The summed E-state index contributed by atoms with van der Waals surface area (Å²) in [7, 11) is 0. The zero-order valence-electron chi connectivity index (χ0n) is 11.4. The van der Waals surface area contributed by atoms with Crippen LogP contribution in [0.15, 0.2) is 30.5 Å². The highest BCUT2D eigenvalue weighted by molar-refractivity contribution is 5.35. The van der Waals surface area contributed by atoms with Gasteiger partial charge < -0.3 is 5.73 Å². The first-order valence-electron chi connectivity index (χ1n) is 6.81. The zero-order valence-corrected chi connectivity index (χ0v) is 11.4. The van der Waals surface area contributed by atoms with Crippen molar-refractivity contribution < 1.29 is 0 Å². The fraction of sp³-hybridized carbons (Fsp3) is 0.375. The molecule has 3 nitrogen and oxygen atoms in total. The summed E-state index contributed by atoms with van der Waals surface area (Å²) in [5, 5.41) is 0. The highest BCUT2D eigenvalue weighted by Crippen LogP contribution is 2.32. The summed E-state index contributed by atoms with van der Waals surface area (Å²) in [6, 6.07) is 8.62. The third-order valence-corrected chi connectivity index (χ3v) is 3.94. The molecule has 1 atom stereocenters. The number of rotatable bonds is 2. The second-order valence-corrected chi connectivity index (χ2v) is 5.43. The Bertz CT molecular complexity index is 580. The summed E-state index contributed by atoms with van der Waals surface area (Å²) in [4.78, 5) is 9.20. The van der Waals surface area contributed by atoms with Crippen molar-refractivity contribution in [3.05, 3.63) is 58.7 Å². The van der Waals surface area contributed by atoms with Crippen molar-refractivity contribution in [3.63, 3.8) is 0 Å². The standard InChI is InChI=1S/C16H19N3/c1-10(17)15-9-18-16(19-11(15)2)14-7-12-5-3-4-6-13(12)8-14/h3-6,9-10,14H,7-8,17H2,1-2H3/t10-/m0/s1. The molecule has 1 aromatic carbocycles. The lowest BCUT2D eigenvalue weighted by atomic mass is 10.0. The van der Waals surface area contributed by atoms with E-state index >= 15 is 0 Å². The van der Waals surface area contributed by atoms with E-state index in [1.807, 2.05) is 20.0 Å². The molecule has 1 aliphatic rings. The molecule has 1 aliphatic carbocycles. The van der Waals surface area contributed by atoms with E-state index in [9.17, 15) is 0 Å². The van der Waals surface area contributed by atoms with Gasteiger partial charge in [-0.2, -0.15) is 0 Å². The molecule has 0 spiro atoms. The molecule has 0 saturated carbocycles. The first kappa shape index (κ1) is 12.3. The minimum Gasteiger partial charge on any atom is -0.324 e. The fourth-order valence-corrected chi connectivity index (χ4v) is 2.88. The van der Waals surface area contributed by atoms with Gasteiger partial charge in [0, 0.05) is 29.4 Å². The van der Waals surface area contributed by atoms with Crippen molar-refractivity contribution in [2.45, 2.75) is 38.6 Å². The van der Waals surface area contributed by atoms with E-state index in [4.69, 9.17) is 5.73 Å². The minimum absolute atomic E-state index is 0.00479. The summed E-state index contributed by atoms with van der Waals surface area (Å²) in [5.41, 5.74) is 10.8. The van der Waals surface area contributed by atoms with E-state index in [-0.39, 0.29) is 6.04 Å². The van der Waals surface area contributed by atoms with E-state index in [1.54, 1.807) is 0 Å². The topological polar surface area (TPSA) is 51.8 Å². The van der Waals surface area contributed by atoms with Gasteiger partial charge in [0.15, 0.2) is 0 Å². The van der Waals surface area contributed by atoms with E-state index in [0.29, 0.717) is 5.92 Å². The van der Waals surface area contributed by atoms with Crippen LogP contribution in [0.4, 0.5) is 0 Å². The molecule has 19 heavy (non-hydrogen) atoms. The predicted molar refractivity (Wildman–Crippen MR) is 76.0 cm³/mol. The van der Waals surface area contributed by atoms with Crippen LogP contribution >= 0.6 is 0 Å². The van der Waals surface area contributed by atoms with Crippen LogP contribution in [0.2, 0.25) is 0 Å². The van der Waals surface area contributed by atoms with Crippen LogP contribution in [0.3, 0.4) is 0 Å². The van der Waals surface area contributed by atoms with Crippen molar-refractivity contribution in [3.8, 4) is 0 Å². The van der Waals surface area contributed by atoms with Crippen molar-refractivity contribution >= 4 is 0 Å². The number of nitrogens with zero attached hydrogens (tertiary/aromatic N) is 2. The first-order chi connectivity index (χ1) is 9.15. The van der Waals surface area contributed by atoms with E-state index in [0.717, 1.165) is 29.9 Å². The first-order valence-corrected chi connectivity index (χ1v) is 6.81. The van der Waals surface area contributed by atoms with Gasteiger partial charge >= 0.3 is 0 Å². The lowest BCUT2D eigenvalue weighted by molar-refractivity contribution is 0.667. The van der Waals surface area contributed by atoms with Crippen LogP contribution < -0.4 is 5.73 Å². The van der Waals surface area contributed by atoms with Crippen LogP contribution in [-0.2, 0) is 12.8 Å². The smallest absolute Gasteiger partial charge is 0.132 e. The quantitative estimate of drug-likeness (QED) is 0.895. The van der Waals surface area contributed by atoms with Gasteiger partial charge in [-0.15, -0.1) is 0 Å². The number of aromatic nitrogens is 2. The summed E-state index contributed by atoms with van der Waals surface area (Å²) in [6.45, 7) is 3.99. The van der Waals surface area contributed by atoms with E-state index in [2.05, 4.69) is 34.2 Å². The fourth-order valence-electron chi connectivity index (χ4n) is 2.88. The van der Waals surface area contributed by atoms with Gasteiger partial charge in [-0.1, -0.05) is 24.3 Å². The van der Waals surface area contributed by atoms with Crippen molar-refractivity contribution in [1.82, 2.24) is 9.97 Å². The van der Waals surface area contributed by atoms with Gasteiger partial charge in [0.1, 0.15) is 5.82 Å². The van der Waals surface area contributed by atoms with Gasteiger partial charge in [-0.25, -0.2) is 9.97 Å². The average molecular weight is 253 g/mol. The maximum atomic E-state index is 5.91. The molecule has 3 rings (SSSR count). The van der Waals surface area contributed by atoms with Crippen LogP contribution in [-0.4, -0.2) is 9.97 Å². The second-order valence-electron chi connectivity index (χ2n) is 5.43. The molecule has 0 bridgehead atoms. The third kappa shape index (κ3) is 2.26. The van der Waals surface area contributed by atoms with Crippen molar-refractivity contribution in [2.24, 2.45) is 5.73 Å². The molecule has 0 radical (unpaired) electrons. The Morgan fingerprint density at radius 1 is 1.21 bits per heavy atom. The largest absolute Gasteiger partial charge is 0.324 e. The molecule has 0 aliphatic heterocycles. The summed E-state index contributed by atoms with van der Waals surface area (Å²) in [5.74, 6) is 1.37. The van der Waals surface area contributed by atoms with E-state index < -0.39 is 0 Å².